The van der Waals surface area contributed by atoms with Crippen molar-refractivity contribution in [2.45, 2.75) is 26.8 Å². The van der Waals surface area contributed by atoms with Gasteiger partial charge in [-0.2, -0.15) is 0 Å². The number of hydrogen-bond acceptors (Lipinski definition) is 4. The number of aromatic nitrogens is 2. The molecule has 0 spiro atoms. The Kier molecular flexibility index (Phi) is 3.72. The normalized spacial score (nSPS) is 10.7. The number of aryl methyl sites for hydroxylation is 1. The van der Waals surface area contributed by atoms with Crippen LogP contribution in [0.2, 0.25) is 0 Å². The molecule has 0 atom stereocenters. The van der Waals surface area contributed by atoms with Gasteiger partial charge in [0.2, 0.25) is 0 Å². The standard InChI is InChI=1S/C13H15N3OS/c1-8(2)15-12(17)11-9(3)16-13(18-11)10-4-6-14-7-5-10/h4-8H,1-3H3,(H,15,17). The van der Waals surface area contributed by atoms with Gasteiger partial charge in [0, 0.05) is 24.0 Å². The maximum Gasteiger partial charge on any atom is 0.263 e. The van der Waals surface area contributed by atoms with Gasteiger partial charge in [-0.1, -0.05) is 0 Å². The Bertz CT molecular complexity index is 549. The minimum Gasteiger partial charge on any atom is -0.349 e. The van der Waals surface area contributed by atoms with Crippen molar-refractivity contribution in [3.63, 3.8) is 0 Å². The van der Waals surface area contributed by atoms with E-state index in [-0.39, 0.29) is 11.9 Å². The van der Waals surface area contributed by atoms with Crippen LogP contribution in [0.3, 0.4) is 0 Å². The first-order valence-electron chi connectivity index (χ1n) is 5.76. The molecule has 0 aromatic carbocycles. The van der Waals surface area contributed by atoms with Gasteiger partial charge in [-0.15, -0.1) is 11.3 Å². The summed E-state index contributed by atoms with van der Waals surface area (Å²) in [4.78, 5) is 21.1. The molecule has 0 aliphatic rings. The van der Waals surface area contributed by atoms with E-state index in [0.717, 1.165) is 16.3 Å². The van der Waals surface area contributed by atoms with Crippen LogP contribution >= 0.6 is 11.3 Å². The predicted octanol–water partition coefficient (Wildman–Crippen LogP) is 2.65. The van der Waals surface area contributed by atoms with Crippen molar-refractivity contribution in [1.29, 1.82) is 0 Å². The second-order valence-electron chi connectivity index (χ2n) is 4.30. The lowest BCUT2D eigenvalue weighted by atomic mass is 10.3. The van der Waals surface area contributed by atoms with Gasteiger partial charge in [-0.3, -0.25) is 9.78 Å². The molecular formula is C13H15N3OS. The third kappa shape index (κ3) is 2.73. The van der Waals surface area contributed by atoms with Crippen molar-refractivity contribution in [3.8, 4) is 10.6 Å². The van der Waals surface area contributed by atoms with Crippen LogP contribution in [0.1, 0.15) is 29.2 Å². The monoisotopic (exact) mass is 261 g/mol. The molecule has 0 aliphatic heterocycles. The molecular weight excluding hydrogens is 246 g/mol. The lowest BCUT2D eigenvalue weighted by Gasteiger charge is -2.06. The van der Waals surface area contributed by atoms with Gasteiger partial charge in [-0.05, 0) is 32.9 Å². The Morgan fingerprint density at radius 2 is 2.00 bits per heavy atom. The Morgan fingerprint density at radius 3 is 2.61 bits per heavy atom. The summed E-state index contributed by atoms with van der Waals surface area (Å²) in [6.07, 6.45) is 3.44. The van der Waals surface area contributed by atoms with E-state index in [9.17, 15) is 4.79 Å². The summed E-state index contributed by atoms with van der Waals surface area (Å²) in [7, 11) is 0. The van der Waals surface area contributed by atoms with E-state index in [1.807, 2.05) is 32.9 Å². The highest BCUT2D eigenvalue weighted by atomic mass is 32.1. The fourth-order valence-corrected chi connectivity index (χ4v) is 2.53. The molecule has 2 aromatic rings. The summed E-state index contributed by atoms with van der Waals surface area (Å²) >= 11 is 1.41. The molecule has 0 radical (unpaired) electrons. The minimum atomic E-state index is -0.0553. The molecule has 0 saturated heterocycles. The highest BCUT2D eigenvalue weighted by molar-refractivity contribution is 7.17. The topological polar surface area (TPSA) is 54.9 Å². The Balaban J connectivity index is 2.30. The number of rotatable bonds is 3. The molecule has 2 aromatic heterocycles. The van der Waals surface area contributed by atoms with Gasteiger partial charge in [0.25, 0.3) is 5.91 Å². The lowest BCUT2D eigenvalue weighted by Crippen LogP contribution is -2.29. The quantitative estimate of drug-likeness (QED) is 0.924. The number of carbonyl (C=O) groups excluding carboxylic acids is 1. The summed E-state index contributed by atoms with van der Waals surface area (Å²) in [6.45, 7) is 5.74. The largest absolute Gasteiger partial charge is 0.349 e. The molecule has 5 heteroatoms. The first kappa shape index (κ1) is 12.7. The van der Waals surface area contributed by atoms with Crippen LogP contribution in [0.4, 0.5) is 0 Å². The zero-order chi connectivity index (χ0) is 13.1. The van der Waals surface area contributed by atoms with E-state index in [4.69, 9.17) is 0 Å². The summed E-state index contributed by atoms with van der Waals surface area (Å²) in [6, 6.07) is 3.91. The van der Waals surface area contributed by atoms with Crippen LogP contribution in [-0.4, -0.2) is 21.9 Å². The van der Waals surface area contributed by atoms with Gasteiger partial charge < -0.3 is 5.32 Å². The van der Waals surface area contributed by atoms with Crippen molar-refractivity contribution in [1.82, 2.24) is 15.3 Å². The molecule has 94 valence electrons. The van der Waals surface area contributed by atoms with Crippen LogP contribution < -0.4 is 5.32 Å². The van der Waals surface area contributed by atoms with Crippen LogP contribution in [0.25, 0.3) is 10.6 Å². The van der Waals surface area contributed by atoms with E-state index in [1.54, 1.807) is 12.4 Å². The molecule has 2 rings (SSSR count). The second kappa shape index (κ2) is 5.27. The van der Waals surface area contributed by atoms with E-state index >= 15 is 0 Å². The minimum absolute atomic E-state index is 0.0553. The Hall–Kier alpha value is -1.75. The van der Waals surface area contributed by atoms with Gasteiger partial charge in [0.15, 0.2) is 0 Å². The molecule has 0 saturated carbocycles. The molecule has 0 fully saturated rings. The van der Waals surface area contributed by atoms with Crippen molar-refractivity contribution in [2.24, 2.45) is 0 Å². The fraction of sp³-hybridized carbons (Fsp3) is 0.308. The summed E-state index contributed by atoms with van der Waals surface area (Å²) in [5.41, 5.74) is 1.76. The van der Waals surface area contributed by atoms with Crippen molar-refractivity contribution in [2.75, 3.05) is 0 Å². The van der Waals surface area contributed by atoms with Crippen LogP contribution in [0.15, 0.2) is 24.5 Å². The molecule has 1 N–H and O–H groups in total. The summed E-state index contributed by atoms with van der Waals surface area (Å²) in [5, 5.41) is 3.73. The molecule has 2 heterocycles. The molecule has 0 unspecified atom stereocenters. The number of nitrogens with one attached hydrogen (secondary N) is 1. The highest BCUT2D eigenvalue weighted by Crippen LogP contribution is 2.27. The molecule has 0 aliphatic carbocycles. The first-order valence-corrected chi connectivity index (χ1v) is 6.58. The zero-order valence-corrected chi connectivity index (χ0v) is 11.4. The van der Waals surface area contributed by atoms with Gasteiger partial charge in [0.1, 0.15) is 9.88 Å². The molecule has 0 bridgehead atoms. The number of amides is 1. The third-order valence-electron chi connectivity index (χ3n) is 2.35. The van der Waals surface area contributed by atoms with Crippen LogP contribution in [0, 0.1) is 6.92 Å². The first-order chi connectivity index (χ1) is 8.58. The second-order valence-corrected chi connectivity index (χ2v) is 5.30. The lowest BCUT2D eigenvalue weighted by molar-refractivity contribution is 0.0946. The Morgan fingerprint density at radius 1 is 1.33 bits per heavy atom. The number of carbonyl (C=O) groups is 1. The van der Waals surface area contributed by atoms with E-state index in [0.29, 0.717) is 4.88 Å². The van der Waals surface area contributed by atoms with Gasteiger partial charge in [-0.25, -0.2) is 4.98 Å². The highest BCUT2D eigenvalue weighted by Gasteiger charge is 2.16. The van der Waals surface area contributed by atoms with E-state index in [1.165, 1.54) is 11.3 Å². The zero-order valence-electron chi connectivity index (χ0n) is 10.6. The van der Waals surface area contributed by atoms with Crippen molar-refractivity contribution in [3.05, 3.63) is 35.1 Å². The van der Waals surface area contributed by atoms with Crippen molar-refractivity contribution < 1.29 is 4.79 Å². The molecule has 4 nitrogen and oxygen atoms in total. The summed E-state index contributed by atoms with van der Waals surface area (Å²) < 4.78 is 0. The number of nitrogens with zero attached hydrogens (tertiary/aromatic N) is 2. The third-order valence-corrected chi connectivity index (χ3v) is 3.56. The smallest absolute Gasteiger partial charge is 0.263 e. The summed E-state index contributed by atoms with van der Waals surface area (Å²) in [5.74, 6) is -0.0553. The van der Waals surface area contributed by atoms with Gasteiger partial charge in [0.05, 0.1) is 5.69 Å². The van der Waals surface area contributed by atoms with Crippen LogP contribution in [0.5, 0.6) is 0 Å². The number of pyridine rings is 1. The van der Waals surface area contributed by atoms with E-state index < -0.39 is 0 Å². The van der Waals surface area contributed by atoms with Gasteiger partial charge >= 0.3 is 0 Å². The maximum atomic E-state index is 12.0. The van der Waals surface area contributed by atoms with E-state index in [2.05, 4.69) is 15.3 Å². The molecule has 1 amide bonds. The maximum absolute atomic E-state index is 12.0. The average molecular weight is 261 g/mol. The number of thiazole rings is 1. The Labute approximate surface area is 110 Å². The fourth-order valence-electron chi connectivity index (χ4n) is 1.55. The number of hydrogen-bond donors (Lipinski definition) is 1. The molecule has 18 heavy (non-hydrogen) atoms. The van der Waals surface area contributed by atoms with Crippen molar-refractivity contribution >= 4 is 17.2 Å². The average Bonchev–Trinajstić information content (AvgIpc) is 2.72. The van der Waals surface area contributed by atoms with Crippen LogP contribution in [-0.2, 0) is 0 Å². The predicted molar refractivity (Wildman–Crippen MR) is 72.7 cm³/mol. The SMILES string of the molecule is Cc1nc(-c2ccncc2)sc1C(=O)NC(C)C.